The Bertz CT molecular complexity index is 849. The SMILES string of the molecule is COc1cccc(-c2c(C#N)nnn2-c2ccc(F)cc2)c1. The number of ether oxygens (including phenoxy) is 1. The summed E-state index contributed by atoms with van der Waals surface area (Å²) in [6, 6.07) is 15.1. The van der Waals surface area contributed by atoms with Gasteiger partial charge in [-0.1, -0.05) is 17.3 Å². The van der Waals surface area contributed by atoms with Crippen LogP contribution in [0.1, 0.15) is 5.69 Å². The molecule has 3 rings (SSSR count). The first-order chi connectivity index (χ1) is 10.7. The average Bonchev–Trinajstić information content (AvgIpc) is 2.99. The molecule has 0 radical (unpaired) electrons. The molecule has 22 heavy (non-hydrogen) atoms. The second-order valence-corrected chi connectivity index (χ2v) is 4.52. The van der Waals surface area contributed by atoms with Crippen LogP contribution in [0.5, 0.6) is 5.75 Å². The van der Waals surface area contributed by atoms with Gasteiger partial charge < -0.3 is 4.74 Å². The van der Waals surface area contributed by atoms with Gasteiger partial charge in [-0.3, -0.25) is 0 Å². The van der Waals surface area contributed by atoms with Gasteiger partial charge in [-0.2, -0.15) is 5.26 Å². The Hall–Kier alpha value is -3.20. The third-order valence-electron chi connectivity index (χ3n) is 3.19. The first kappa shape index (κ1) is 13.8. The number of halogens is 1. The lowest BCUT2D eigenvalue weighted by Crippen LogP contribution is -2.00. The summed E-state index contributed by atoms with van der Waals surface area (Å²) < 4.78 is 19.8. The van der Waals surface area contributed by atoms with Crippen molar-refractivity contribution in [3.63, 3.8) is 0 Å². The van der Waals surface area contributed by atoms with E-state index in [1.807, 2.05) is 24.3 Å². The summed E-state index contributed by atoms with van der Waals surface area (Å²) in [5, 5.41) is 17.1. The van der Waals surface area contributed by atoms with E-state index in [0.29, 0.717) is 17.1 Å². The zero-order valence-corrected chi connectivity index (χ0v) is 11.7. The van der Waals surface area contributed by atoms with Crippen LogP contribution >= 0.6 is 0 Å². The van der Waals surface area contributed by atoms with E-state index in [0.717, 1.165) is 5.56 Å². The predicted octanol–water partition coefficient (Wildman–Crippen LogP) is 2.95. The third-order valence-corrected chi connectivity index (χ3v) is 3.19. The van der Waals surface area contributed by atoms with E-state index in [4.69, 9.17) is 4.74 Å². The summed E-state index contributed by atoms with van der Waals surface area (Å²) in [4.78, 5) is 0. The van der Waals surface area contributed by atoms with Gasteiger partial charge in [-0.15, -0.1) is 5.10 Å². The number of nitriles is 1. The second kappa shape index (κ2) is 5.66. The van der Waals surface area contributed by atoms with Crippen LogP contribution in [0.15, 0.2) is 48.5 Å². The summed E-state index contributed by atoms with van der Waals surface area (Å²) in [5.74, 6) is 0.320. The highest BCUT2D eigenvalue weighted by Gasteiger charge is 2.16. The maximum atomic E-state index is 13.1. The van der Waals surface area contributed by atoms with Crippen molar-refractivity contribution in [2.45, 2.75) is 0 Å². The van der Waals surface area contributed by atoms with Gasteiger partial charge in [0.1, 0.15) is 23.3 Å². The number of rotatable bonds is 3. The smallest absolute Gasteiger partial charge is 0.191 e. The Labute approximate surface area is 126 Å². The Kier molecular flexibility index (Phi) is 3.54. The minimum atomic E-state index is -0.340. The van der Waals surface area contributed by atoms with E-state index in [1.54, 1.807) is 25.3 Å². The van der Waals surface area contributed by atoms with E-state index < -0.39 is 0 Å². The highest BCUT2D eigenvalue weighted by molar-refractivity contribution is 5.68. The van der Waals surface area contributed by atoms with Crippen molar-refractivity contribution in [3.05, 3.63) is 60.0 Å². The molecule has 3 aromatic rings. The summed E-state index contributed by atoms with van der Waals surface area (Å²) in [7, 11) is 1.57. The largest absolute Gasteiger partial charge is 0.497 e. The Balaban J connectivity index is 2.19. The second-order valence-electron chi connectivity index (χ2n) is 4.52. The number of hydrogen-bond acceptors (Lipinski definition) is 4. The predicted molar refractivity (Wildman–Crippen MR) is 78.0 cm³/mol. The molecule has 0 bridgehead atoms. The van der Waals surface area contributed by atoms with Gasteiger partial charge in [0.25, 0.3) is 0 Å². The monoisotopic (exact) mass is 294 g/mol. The lowest BCUT2D eigenvalue weighted by Gasteiger charge is -2.08. The zero-order valence-electron chi connectivity index (χ0n) is 11.7. The zero-order chi connectivity index (χ0) is 15.5. The first-order valence-electron chi connectivity index (χ1n) is 6.49. The number of methoxy groups -OCH3 is 1. The molecular formula is C16H11FN4O. The number of nitrogens with zero attached hydrogens (tertiary/aromatic N) is 4. The maximum absolute atomic E-state index is 13.1. The molecule has 0 spiro atoms. The molecule has 6 heteroatoms. The fourth-order valence-electron chi connectivity index (χ4n) is 2.15. The van der Waals surface area contributed by atoms with Crippen LogP contribution in [-0.4, -0.2) is 22.1 Å². The number of hydrogen-bond donors (Lipinski definition) is 0. The van der Waals surface area contributed by atoms with E-state index in [2.05, 4.69) is 10.3 Å². The number of benzene rings is 2. The lowest BCUT2D eigenvalue weighted by molar-refractivity contribution is 0.415. The van der Waals surface area contributed by atoms with Gasteiger partial charge in [0.05, 0.1) is 12.8 Å². The highest BCUT2D eigenvalue weighted by Crippen LogP contribution is 2.27. The minimum absolute atomic E-state index is 0.192. The molecule has 0 saturated heterocycles. The van der Waals surface area contributed by atoms with E-state index >= 15 is 0 Å². The normalized spacial score (nSPS) is 10.2. The molecule has 0 fully saturated rings. The third kappa shape index (κ3) is 2.40. The van der Waals surface area contributed by atoms with Crippen LogP contribution in [-0.2, 0) is 0 Å². The van der Waals surface area contributed by atoms with Gasteiger partial charge in [0, 0.05) is 5.56 Å². The molecule has 0 aliphatic carbocycles. The number of aromatic nitrogens is 3. The molecule has 0 N–H and O–H groups in total. The Morgan fingerprint density at radius 2 is 1.95 bits per heavy atom. The summed E-state index contributed by atoms with van der Waals surface area (Å²) in [6.45, 7) is 0. The topological polar surface area (TPSA) is 63.7 Å². The van der Waals surface area contributed by atoms with Crippen LogP contribution in [0.4, 0.5) is 4.39 Å². The van der Waals surface area contributed by atoms with Crippen LogP contribution in [0, 0.1) is 17.1 Å². The van der Waals surface area contributed by atoms with Crippen LogP contribution in [0.3, 0.4) is 0 Å². The molecule has 0 amide bonds. The fraction of sp³-hybridized carbons (Fsp3) is 0.0625. The summed E-state index contributed by atoms with van der Waals surface area (Å²) >= 11 is 0. The summed E-state index contributed by atoms with van der Waals surface area (Å²) in [5.41, 5.74) is 2.09. The van der Waals surface area contributed by atoms with Crippen LogP contribution in [0.25, 0.3) is 16.9 Å². The van der Waals surface area contributed by atoms with Crippen molar-refractivity contribution in [1.29, 1.82) is 5.26 Å². The fourth-order valence-corrected chi connectivity index (χ4v) is 2.15. The maximum Gasteiger partial charge on any atom is 0.191 e. The first-order valence-corrected chi connectivity index (χ1v) is 6.49. The quantitative estimate of drug-likeness (QED) is 0.745. The van der Waals surface area contributed by atoms with Gasteiger partial charge in [0.2, 0.25) is 0 Å². The molecule has 1 aromatic heterocycles. The molecule has 2 aromatic carbocycles. The van der Waals surface area contributed by atoms with Crippen molar-refractivity contribution >= 4 is 0 Å². The van der Waals surface area contributed by atoms with E-state index in [1.165, 1.54) is 16.8 Å². The van der Waals surface area contributed by atoms with Gasteiger partial charge in [0.15, 0.2) is 5.69 Å². The molecule has 1 heterocycles. The van der Waals surface area contributed by atoms with Gasteiger partial charge in [-0.05, 0) is 36.4 Å². The molecule has 0 atom stereocenters. The molecule has 5 nitrogen and oxygen atoms in total. The molecule has 108 valence electrons. The molecule has 0 aliphatic rings. The Morgan fingerprint density at radius 1 is 1.18 bits per heavy atom. The van der Waals surface area contributed by atoms with Crippen molar-refractivity contribution in [1.82, 2.24) is 15.0 Å². The van der Waals surface area contributed by atoms with Gasteiger partial charge in [-0.25, -0.2) is 9.07 Å². The van der Waals surface area contributed by atoms with Crippen LogP contribution in [0.2, 0.25) is 0 Å². The van der Waals surface area contributed by atoms with E-state index in [9.17, 15) is 9.65 Å². The van der Waals surface area contributed by atoms with Gasteiger partial charge >= 0.3 is 0 Å². The molecular weight excluding hydrogens is 283 g/mol. The highest BCUT2D eigenvalue weighted by atomic mass is 19.1. The lowest BCUT2D eigenvalue weighted by atomic mass is 10.1. The van der Waals surface area contributed by atoms with Crippen LogP contribution < -0.4 is 4.74 Å². The van der Waals surface area contributed by atoms with Crippen molar-refractivity contribution in [3.8, 4) is 28.8 Å². The minimum Gasteiger partial charge on any atom is -0.497 e. The van der Waals surface area contributed by atoms with E-state index in [-0.39, 0.29) is 11.5 Å². The average molecular weight is 294 g/mol. The summed E-state index contributed by atoms with van der Waals surface area (Å²) in [6.07, 6.45) is 0. The molecule has 0 aliphatic heterocycles. The molecule has 0 saturated carbocycles. The van der Waals surface area contributed by atoms with Crippen molar-refractivity contribution in [2.75, 3.05) is 7.11 Å². The standard InChI is InChI=1S/C16H11FN4O/c1-22-14-4-2-3-11(9-14)16-15(10-18)19-20-21(16)13-7-5-12(17)6-8-13/h2-9H,1H3. The Morgan fingerprint density at radius 3 is 2.64 bits per heavy atom. The molecule has 0 unspecified atom stereocenters. The van der Waals surface area contributed by atoms with Crippen molar-refractivity contribution in [2.24, 2.45) is 0 Å². The van der Waals surface area contributed by atoms with Crippen molar-refractivity contribution < 1.29 is 9.13 Å².